The second-order valence-corrected chi connectivity index (χ2v) is 7.51. The number of hydrogen-bond acceptors (Lipinski definition) is 3. The van der Waals surface area contributed by atoms with E-state index in [0.717, 1.165) is 18.0 Å². The highest BCUT2D eigenvalue weighted by Crippen LogP contribution is 2.34. The first-order chi connectivity index (χ1) is 6.66. The Morgan fingerprint density at radius 1 is 1.21 bits per heavy atom. The number of rotatable bonds is 2. The van der Waals surface area contributed by atoms with Gasteiger partial charge < -0.3 is 5.11 Å². The summed E-state index contributed by atoms with van der Waals surface area (Å²) in [4.78, 5) is 0.960. The minimum atomic E-state index is -0.506. The first kappa shape index (κ1) is 10.8. The lowest BCUT2D eigenvalue weighted by Crippen LogP contribution is -1.93. The van der Waals surface area contributed by atoms with Crippen molar-refractivity contribution >= 4 is 54.5 Å². The van der Waals surface area contributed by atoms with Crippen molar-refractivity contribution in [1.29, 1.82) is 0 Å². The van der Waals surface area contributed by atoms with Crippen LogP contribution in [-0.4, -0.2) is 5.11 Å². The van der Waals surface area contributed by atoms with Crippen LogP contribution in [0.2, 0.25) is 0 Å². The van der Waals surface area contributed by atoms with Crippen LogP contribution in [0.3, 0.4) is 0 Å². The fraction of sp³-hybridized carbons (Fsp3) is 0.111. The first-order valence-electron chi connectivity index (χ1n) is 3.84. The lowest BCUT2D eigenvalue weighted by molar-refractivity contribution is 0.224. The molecule has 0 aliphatic heterocycles. The zero-order chi connectivity index (χ0) is 10.1. The Kier molecular flexibility index (Phi) is 3.44. The van der Waals surface area contributed by atoms with Crippen LogP contribution in [-0.2, 0) is 0 Å². The van der Waals surface area contributed by atoms with Crippen LogP contribution in [0, 0.1) is 0 Å². The summed E-state index contributed by atoms with van der Waals surface area (Å²) in [6.45, 7) is 0. The van der Waals surface area contributed by atoms with E-state index in [4.69, 9.17) is 0 Å². The minimum Gasteiger partial charge on any atom is -0.383 e. The topological polar surface area (TPSA) is 20.2 Å². The Hall–Kier alpha value is 0.320. The summed E-state index contributed by atoms with van der Waals surface area (Å²) in [5.41, 5.74) is 0.941. The Bertz CT molecular complexity index is 395. The summed E-state index contributed by atoms with van der Waals surface area (Å²) in [6.07, 6.45) is -0.506. The van der Waals surface area contributed by atoms with Gasteiger partial charge in [0.25, 0.3) is 0 Å². The molecular formula is C9H6Br2OS2. The summed E-state index contributed by atoms with van der Waals surface area (Å²) in [7, 11) is 0. The van der Waals surface area contributed by atoms with Crippen molar-refractivity contribution in [2.75, 3.05) is 0 Å². The highest BCUT2D eigenvalue weighted by Gasteiger charge is 2.13. The Morgan fingerprint density at radius 3 is 2.50 bits per heavy atom. The summed E-state index contributed by atoms with van der Waals surface area (Å²) in [5.74, 6) is 0. The molecule has 1 unspecified atom stereocenters. The van der Waals surface area contributed by atoms with Crippen LogP contribution in [0.5, 0.6) is 0 Å². The van der Waals surface area contributed by atoms with E-state index < -0.39 is 6.10 Å². The van der Waals surface area contributed by atoms with Crippen molar-refractivity contribution in [3.05, 3.63) is 41.6 Å². The maximum atomic E-state index is 9.99. The molecule has 1 nitrogen and oxygen atoms in total. The minimum absolute atomic E-state index is 0.506. The van der Waals surface area contributed by atoms with Crippen molar-refractivity contribution < 1.29 is 5.11 Å². The van der Waals surface area contributed by atoms with Crippen LogP contribution >= 0.6 is 54.5 Å². The number of thiophene rings is 2. The van der Waals surface area contributed by atoms with Crippen LogP contribution in [0.25, 0.3) is 0 Å². The van der Waals surface area contributed by atoms with Crippen LogP contribution in [0.4, 0.5) is 0 Å². The molecule has 2 aromatic heterocycles. The standard InChI is InChI=1S/C9H6Br2OS2/c10-7-2-1-6(14-7)9(12)5-3-8(11)13-4-5/h1-4,9,12H. The molecule has 0 saturated carbocycles. The smallest absolute Gasteiger partial charge is 0.114 e. The Balaban J connectivity index is 2.28. The second-order valence-electron chi connectivity index (χ2n) is 2.73. The fourth-order valence-electron chi connectivity index (χ4n) is 1.11. The van der Waals surface area contributed by atoms with Gasteiger partial charge in [-0.3, -0.25) is 0 Å². The predicted octanol–water partition coefficient (Wildman–Crippen LogP) is 4.42. The van der Waals surface area contributed by atoms with Gasteiger partial charge in [-0.1, -0.05) is 0 Å². The maximum absolute atomic E-state index is 9.99. The molecule has 0 aliphatic rings. The molecule has 0 aromatic carbocycles. The number of aliphatic hydroxyl groups is 1. The van der Waals surface area contributed by atoms with E-state index in [-0.39, 0.29) is 0 Å². The largest absolute Gasteiger partial charge is 0.383 e. The molecule has 0 bridgehead atoms. The van der Waals surface area contributed by atoms with Crippen LogP contribution in [0.15, 0.2) is 31.2 Å². The van der Waals surface area contributed by atoms with Gasteiger partial charge in [-0.05, 0) is 61.0 Å². The molecule has 74 valence electrons. The highest BCUT2D eigenvalue weighted by molar-refractivity contribution is 9.11. The zero-order valence-electron chi connectivity index (χ0n) is 6.91. The van der Waals surface area contributed by atoms with Gasteiger partial charge in [-0.15, -0.1) is 22.7 Å². The van der Waals surface area contributed by atoms with Crippen LogP contribution < -0.4 is 0 Å². The Labute approximate surface area is 107 Å². The fourth-order valence-corrected chi connectivity index (χ4v) is 3.74. The molecule has 1 N–H and O–H groups in total. The first-order valence-corrected chi connectivity index (χ1v) is 7.12. The molecule has 0 amide bonds. The van der Waals surface area contributed by atoms with Crippen molar-refractivity contribution in [1.82, 2.24) is 0 Å². The van der Waals surface area contributed by atoms with Crippen molar-refractivity contribution in [2.24, 2.45) is 0 Å². The predicted molar refractivity (Wildman–Crippen MR) is 68.1 cm³/mol. The molecule has 0 aliphatic carbocycles. The molecule has 2 aromatic rings. The van der Waals surface area contributed by atoms with E-state index in [1.54, 1.807) is 22.7 Å². The average molecular weight is 354 g/mol. The van der Waals surface area contributed by atoms with E-state index in [1.807, 2.05) is 23.6 Å². The van der Waals surface area contributed by atoms with E-state index in [0.29, 0.717) is 0 Å². The molecule has 14 heavy (non-hydrogen) atoms. The molecule has 0 fully saturated rings. The molecule has 0 radical (unpaired) electrons. The highest BCUT2D eigenvalue weighted by atomic mass is 79.9. The molecule has 5 heteroatoms. The number of halogens is 2. The normalized spacial score (nSPS) is 13.1. The molecule has 0 spiro atoms. The van der Waals surface area contributed by atoms with E-state index >= 15 is 0 Å². The molecular weight excluding hydrogens is 348 g/mol. The number of hydrogen-bond donors (Lipinski definition) is 1. The van der Waals surface area contributed by atoms with Crippen molar-refractivity contribution in [2.45, 2.75) is 6.10 Å². The number of aliphatic hydroxyl groups excluding tert-OH is 1. The second kappa shape index (κ2) is 4.45. The summed E-state index contributed by atoms with van der Waals surface area (Å²) in [6, 6.07) is 5.83. The molecule has 2 rings (SSSR count). The van der Waals surface area contributed by atoms with Gasteiger partial charge in [0.1, 0.15) is 6.10 Å². The third kappa shape index (κ3) is 2.28. The van der Waals surface area contributed by atoms with E-state index in [9.17, 15) is 5.11 Å². The monoisotopic (exact) mass is 352 g/mol. The van der Waals surface area contributed by atoms with Gasteiger partial charge in [0.15, 0.2) is 0 Å². The average Bonchev–Trinajstić information content (AvgIpc) is 2.73. The third-order valence-electron chi connectivity index (χ3n) is 1.77. The molecule has 0 saturated heterocycles. The van der Waals surface area contributed by atoms with E-state index in [2.05, 4.69) is 31.9 Å². The van der Waals surface area contributed by atoms with E-state index in [1.165, 1.54) is 0 Å². The van der Waals surface area contributed by atoms with Gasteiger partial charge in [-0.25, -0.2) is 0 Å². The van der Waals surface area contributed by atoms with Crippen molar-refractivity contribution in [3.63, 3.8) is 0 Å². The quantitative estimate of drug-likeness (QED) is 0.847. The molecule has 1 atom stereocenters. The third-order valence-corrected chi connectivity index (χ3v) is 4.97. The summed E-state index contributed by atoms with van der Waals surface area (Å²) in [5, 5.41) is 12.0. The molecule has 2 heterocycles. The van der Waals surface area contributed by atoms with Gasteiger partial charge in [0, 0.05) is 4.88 Å². The van der Waals surface area contributed by atoms with Gasteiger partial charge in [0.2, 0.25) is 0 Å². The lowest BCUT2D eigenvalue weighted by Gasteiger charge is -2.04. The summed E-state index contributed by atoms with van der Waals surface area (Å²) < 4.78 is 2.09. The SMILES string of the molecule is OC(c1csc(Br)c1)c1ccc(Br)s1. The Morgan fingerprint density at radius 2 is 2.00 bits per heavy atom. The van der Waals surface area contributed by atoms with Crippen molar-refractivity contribution in [3.8, 4) is 0 Å². The summed E-state index contributed by atoms with van der Waals surface area (Å²) >= 11 is 9.90. The van der Waals surface area contributed by atoms with Gasteiger partial charge in [0.05, 0.1) is 7.57 Å². The lowest BCUT2D eigenvalue weighted by atomic mass is 10.2. The van der Waals surface area contributed by atoms with Crippen LogP contribution in [0.1, 0.15) is 16.5 Å². The van der Waals surface area contributed by atoms with Gasteiger partial charge >= 0.3 is 0 Å². The zero-order valence-corrected chi connectivity index (χ0v) is 11.7. The van der Waals surface area contributed by atoms with Gasteiger partial charge in [-0.2, -0.15) is 0 Å². The maximum Gasteiger partial charge on any atom is 0.114 e.